The van der Waals surface area contributed by atoms with E-state index in [4.69, 9.17) is 4.74 Å². The van der Waals surface area contributed by atoms with Gasteiger partial charge in [0.25, 0.3) is 0 Å². The number of hydrogen-bond acceptors (Lipinski definition) is 4. The molecule has 1 atom stereocenters. The van der Waals surface area contributed by atoms with Crippen LogP contribution in [0, 0.1) is 3.57 Å². The summed E-state index contributed by atoms with van der Waals surface area (Å²) in [6.45, 7) is 3.14. The van der Waals surface area contributed by atoms with Crippen LogP contribution in [0.2, 0.25) is 0 Å². The Morgan fingerprint density at radius 3 is 2.67 bits per heavy atom. The van der Waals surface area contributed by atoms with Crippen molar-refractivity contribution in [3.05, 3.63) is 32.5 Å². The minimum atomic E-state index is -0.570. The molecule has 3 N–H and O–H groups in total. The zero-order valence-corrected chi connectivity index (χ0v) is 13.9. The third-order valence-corrected chi connectivity index (χ3v) is 4.07. The number of Topliss-reactive ketones (excluding diaryl/α,β-unsaturated/α-hetero) is 1. The molecule has 21 heavy (non-hydrogen) atoms. The highest BCUT2D eigenvalue weighted by Crippen LogP contribution is 2.37. The summed E-state index contributed by atoms with van der Waals surface area (Å²) >= 11 is 1.97. The van der Waals surface area contributed by atoms with Crippen molar-refractivity contribution < 1.29 is 19.4 Å². The standard InChI is InChI=1S/C14H15IN2O4/c1-6-11(7(2)18)12(17-14(20)16-6)8-4-9(15)13(19)10(5-8)21-3/h4-5,12,19H,1-3H3,(H2,16,17,20). The Balaban J connectivity index is 2.58. The van der Waals surface area contributed by atoms with E-state index in [0.29, 0.717) is 26.2 Å². The maximum Gasteiger partial charge on any atom is 0.319 e. The summed E-state index contributed by atoms with van der Waals surface area (Å²) in [5, 5.41) is 15.2. The van der Waals surface area contributed by atoms with E-state index in [1.165, 1.54) is 14.0 Å². The first-order valence-electron chi connectivity index (χ1n) is 6.20. The molecule has 0 aromatic heterocycles. The number of benzene rings is 1. The van der Waals surface area contributed by atoms with Crippen LogP contribution in [0.25, 0.3) is 0 Å². The van der Waals surface area contributed by atoms with Crippen molar-refractivity contribution in [3.8, 4) is 11.5 Å². The Morgan fingerprint density at radius 2 is 2.10 bits per heavy atom. The highest BCUT2D eigenvalue weighted by atomic mass is 127. The summed E-state index contributed by atoms with van der Waals surface area (Å²) in [5.74, 6) is 0.199. The Morgan fingerprint density at radius 1 is 1.43 bits per heavy atom. The fourth-order valence-electron chi connectivity index (χ4n) is 2.33. The topological polar surface area (TPSA) is 87.7 Å². The van der Waals surface area contributed by atoms with Crippen LogP contribution in [0.3, 0.4) is 0 Å². The van der Waals surface area contributed by atoms with Crippen molar-refractivity contribution >= 4 is 34.4 Å². The number of ketones is 1. The predicted octanol–water partition coefficient (Wildman–Crippen LogP) is 2.22. The van der Waals surface area contributed by atoms with Crippen LogP contribution < -0.4 is 15.4 Å². The van der Waals surface area contributed by atoms with Crippen LogP contribution in [-0.2, 0) is 4.79 Å². The van der Waals surface area contributed by atoms with Crippen molar-refractivity contribution in [2.75, 3.05) is 7.11 Å². The molecule has 112 valence electrons. The number of allylic oxidation sites excluding steroid dienone is 1. The van der Waals surface area contributed by atoms with E-state index in [9.17, 15) is 14.7 Å². The molecule has 1 aromatic rings. The van der Waals surface area contributed by atoms with E-state index in [0.717, 1.165) is 0 Å². The summed E-state index contributed by atoms with van der Waals surface area (Å²) in [6.07, 6.45) is 0. The minimum absolute atomic E-state index is 0.0344. The normalized spacial score (nSPS) is 18.1. The van der Waals surface area contributed by atoms with Crippen molar-refractivity contribution in [3.63, 3.8) is 0 Å². The zero-order valence-electron chi connectivity index (χ0n) is 11.8. The molecule has 2 amide bonds. The quantitative estimate of drug-likeness (QED) is 0.677. The first kappa shape index (κ1) is 15.6. The maximum atomic E-state index is 11.9. The SMILES string of the molecule is COc1cc(C2NC(=O)NC(C)=C2C(C)=O)cc(I)c1O. The lowest BCUT2D eigenvalue weighted by atomic mass is 9.93. The predicted molar refractivity (Wildman–Crippen MR) is 85.2 cm³/mol. The van der Waals surface area contributed by atoms with Crippen LogP contribution >= 0.6 is 22.6 Å². The van der Waals surface area contributed by atoms with Gasteiger partial charge in [-0.2, -0.15) is 0 Å². The summed E-state index contributed by atoms with van der Waals surface area (Å²) in [7, 11) is 1.45. The van der Waals surface area contributed by atoms with Crippen molar-refractivity contribution in [1.82, 2.24) is 10.6 Å². The molecule has 0 bridgehead atoms. The lowest BCUT2D eigenvalue weighted by Gasteiger charge is -2.28. The second kappa shape index (κ2) is 5.92. The Hall–Kier alpha value is -1.77. The third kappa shape index (κ3) is 2.97. The van der Waals surface area contributed by atoms with Crippen LogP contribution in [0.5, 0.6) is 11.5 Å². The number of phenols is 1. The summed E-state index contributed by atoms with van der Waals surface area (Å²) in [4.78, 5) is 23.6. The van der Waals surface area contributed by atoms with E-state index in [1.807, 2.05) is 22.6 Å². The molecule has 2 rings (SSSR count). The molecule has 1 unspecified atom stereocenters. The fraction of sp³-hybridized carbons (Fsp3) is 0.286. The molecule has 6 nitrogen and oxygen atoms in total. The molecule has 1 heterocycles. The largest absolute Gasteiger partial charge is 0.504 e. The van der Waals surface area contributed by atoms with Crippen molar-refractivity contribution in [2.45, 2.75) is 19.9 Å². The molecule has 1 aliphatic rings. The van der Waals surface area contributed by atoms with Gasteiger partial charge < -0.3 is 20.5 Å². The van der Waals surface area contributed by atoms with Gasteiger partial charge >= 0.3 is 6.03 Å². The highest BCUT2D eigenvalue weighted by molar-refractivity contribution is 14.1. The van der Waals surface area contributed by atoms with Crippen LogP contribution in [0.4, 0.5) is 4.79 Å². The molecule has 0 saturated heterocycles. The van der Waals surface area contributed by atoms with Gasteiger partial charge in [-0.3, -0.25) is 4.79 Å². The molecule has 0 fully saturated rings. The highest BCUT2D eigenvalue weighted by Gasteiger charge is 2.30. The van der Waals surface area contributed by atoms with E-state index in [-0.39, 0.29) is 17.6 Å². The third-order valence-electron chi connectivity index (χ3n) is 3.25. The van der Waals surface area contributed by atoms with Gasteiger partial charge in [-0.1, -0.05) is 0 Å². The number of aromatic hydroxyl groups is 1. The average Bonchev–Trinajstić information content (AvgIpc) is 2.40. The van der Waals surface area contributed by atoms with Gasteiger partial charge in [-0.25, -0.2) is 4.79 Å². The second-order valence-electron chi connectivity index (χ2n) is 4.68. The molecule has 0 radical (unpaired) electrons. The smallest absolute Gasteiger partial charge is 0.319 e. The Kier molecular flexibility index (Phi) is 4.40. The molecular weight excluding hydrogens is 387 g/mol. The molecule has 0 aliphatic carbocycles. The summed E-state index contributed by atoms with van der Waals surface area (Å²) < 4.78 is 5.70. The number of amides is 2. The number of hydrogen-bond donors (Lipinski definition) is 3. The van der Waals surface area contributed by atoms with Gasteiger partial charge in [0, 0.05) is 11.3 Å². The maximum absolute atomic E-state index is 11.9. The zero-order chi connectivity index (χ0) is 15.7. The van der Waals surface area contributed by atoms with Crippen molar-refractivity contribution in [1.29, 1.82) is 0 Å². The first-order valence-corrected chi connectivity index (χ1v) is 7.28. The lowest BCUT2D eigenvalue weighted by molar-refractivity contribution is -0.114. The number of urea groups is 1. The number of carbonyl (C=O) groups is 2. The van der Waals surface area contributed by atoms with E-state index in [2.05, 4.69) is 10.6 Å². The number of methoxy groups -OCH3 is 1. The van der Waals surface area contributed by atoms with Gasteiger partial charge in [0.2, 0.25) is 0 Å². The number of rotatable bonds is 3. The number of halogens is 1. The monoisotopic (exact) mass is 402 g/mol. The van der Waals surface area contributed by atoms with E-state index < -0.39 is 6.04 Å². The average molecular weight is 402 g/mol. The second-order valence-corrected chi connectivity index (χ2v) is 5.84. The van der Waals surface area contributed by atoms with E-state index >= 15 is 0 Å². The van der Waals surface area contributed by atoms with Crippen LogP contribution in [0.1, 0.15) is 25.5 Å². The number of nitrogens with one attached hydrogen (secondary N) is 2. The first-order chi connectivity index (χ1) is 9.85. The van der Waals surface area contributed by atoms with Crippen LogP contribution in [-0.4, -0.2) is 24.0 Å². The Labute approximate surface area is 135 Å². The number of carbonyl (C=O) groups excluding carboxylic acids is 2. The van der Waals surface area contributed by atoms with Gasteiger partial charge in [0.05, 0.1) is 16.7 Å². The van der Waals surface area contributed by atoms with Gasteiger partial charge in [-0.05, 0) is 54.1 Å². The molecular formula is C14H15IN2O4. The van der Waals surface area contributed by atoms with Gasteiger partial charge in [0.1, 0.15) is 0 Å². The molecule has 0 saturated carbocycles. The Bertz CT molecular complexity index is 655. The summed E-state index contributed by atoms with van der Waals surface area (Å²) in [5.41, 5.74) is 1.69. The van der Waals surface area contributed by atoms with Gasteiger partial charge in [0.15, 0.2) is 17.3 Å². The number of ether oxygens (including phenoxy) is 1. The minimum Gasteiger partial charge on any atom is -0.504 e. The van der Waals surface area contributed by atoms with Gasteiger partial charge in [-0.15, -0.1) is 0 Å². The molecule has 1 aliphatic heterocycles. The van der Waals surface area contributed by atoms with Crippen LogP contribution in [0.15, 0.2) is 23.4 Å². The molecule has 7 heteroatoms. The van der Waals surface area contributed by atoms with E-state index in [1.54, 1.807) is 19.1 Å². The summed E-state index contributed by atoms with van der Waals surface area (Å²) in [6, 6.07) is 2.39. The fourth-order valence-corrected chi connectivity index (χ4v) is 2.95. The lowest BCUT2D eigenvalue weighted by Crippen LogP contribution is -2.44. The van der Waals surface area contributed by atoms with Crippen molar-refractivity contribution in [2.24, 2.45) is 0 Å². The molecule has 0 spiro atoms. The molecule has 1 aromatic carbocycles. The number of phenolic OH excluding ortho intramolecular Hbond substituents is 1.